The molecule has 3 aromatic heterocycles. The minimum absolute atomic E-state index is 0.289. The number of hydrogen-bond donors (Lipinski definition) is 1. The second-order valence-electron chi connectivity index (χ2n) is 7.44. The molecule has 0 aliphatic rings. The van der Waals surface area contributed by atoms with Crippen LogP contribution in [-0.2, 0) is 19.5 Å². The standard InChI is InChI=1S/C21H24N8OS/c1-13-18(26-31-25-13)12-29-16(4)20(23-27-29)21(30)22-19-14(2)24-28(15(19)3)11-10-17-8-6-5-7-9-17/h5-9H,10-12H2,1-4H3,(H,22,30). The van der Waals surface area contributed by atoms with Crippen molar-refractivity contribution >= 4 is 23.3 Å². The molecule has 4 rings (SSSR count). The second-order valence-corrected chi connectivity index (χ2v) is 7.96. The number of aromatic nitrogens is 7. The zero-order valence-electron chi connectivity index (χ0n) is 18.0. The summed E-state index contributed by atoms with van der Waals surface area (Å²) in [5.74, 6) is -0.300. The quantitative estimate of drug-likeness (QED) is 0.477. The Morgan fingerprint density at radius 3 is 2.48 bits per heavy atom. The van der Waals surface area contributed by atoms with Crippen LogP contribution in [0.15, 0.2) is 30.3 Å². The SMILES string of the molecule is Cc1nsnc1Cn1nnc(C(=O)Nc2c(C)nn(CCc3ccccc3)c2C)c1C. The first-order valence-electron chi connectivity index (χ1n) is 10.0. The maximum Gasteiger partial charge on any atom is 0.278 e. The van der Waals surface area contributed by atoms with Crippen molar-refractivity contribution in [1.82, 2.24) is 33.5 Å². The van der Waals surface area contributed by atoms with Crippen molar-refractivity contribution in [3.05, 3.63) is 70.1 Å². The third-order valence-electron chi connectivity index (χ3n) is 5.32. The Labute approximate surface area is 184 Å². The zero-order valence-corrected chi connectivity index (χ0v) is 18.8. The minimum Gasteiger partial charge on any atom is -0.317 e. The van der Waals surface area contributed by atoms with Crippen molar-refractivity contribution < 1.29 is 4.79 Å². The molecule has 0 unspecified atom stereocenters. The van der Waals surface area contributed by atoms with Crippen molar-refractivity contribution in [3.8, 4) is 0 Å². The van der Waals surface area contributed by atoms with Gasteiger partial charge in [0.05, 0.1) is 52.4 Å². The number of nitrogens with zero attached hydrogens (tertiary/aromatic N) is 7. The van der Waals surface area contributed by atoms with E-state index in [0.717, 1.165) is 47.5 Å². The van der Waals surface area contributed by atoms with Crippen molar-refractivity contribution in [3.63, 3.8) is 0 Å². The molecule has 1 aromatic carbocycles. The van der Waals surface area contributed by atoms with Gasteiger partial charge in [0.15, 0.2) is 5.69 Å². The first-order chi connectivity index (χ1) is 14.9. The van der Waals surface area contributed by atoms with Gasteiger partial charge in [-0.25, -0.2) is 4.68 Å². The van der Waals surface area contributed by atoms with Crippen LogP contribution in [0.1, 0.15) is 44.5 Å². The number of amides is 1. The van der Waals surface area contributed by atoms with Crippen LogP contribution < -0.4 is 5.32 Å². The van der Waals surface area contributed by atoms with Crippen LogP contribution in [0.3, 0.4) is 0 Å². The monoisotopic (exact) mass is 436 g/mol. The van der Waals surface area contributed by atoms with Crippen LogP contribution in [0.2, 0.25) is 0 Å². The Kier molecular flexibility index (Phi) is 5.90. The van der Waals surface area contributed by atoms with Gasteiger partial charge < -0.3 is 5.32 Å². The fourth-order valence-corrected chi connectivity index (χ4v) is 3.96. The highest BCUT2D eigenvalue weighted by molar-refractivity contribution is 6.99. The van der Waals surface area contributed by atoms with E-state index >= 15 is 0 Å². The van der Waals surface area contributed by atoms with Gasteiger partial charge in [0, 0.05) is 6.54 Å². The number of hydrogen-bond acceptors (Lipinski definition) is 7. The van der Waals surface area contributed by atoms with E-state index in [9.17, 15) is 4.79 Å². The molecule has 0 fully saturated rings. The van der Waals surface area contributed by atoms with Gasteiger partial charge in [-0.05, 0) is 39.7 Å². The molecule has 0 aliphatic carbocycles. The van der Waals surface area contributed by atoms with Gasteiger partial charge in [-0.2, -0.15) is 13.8 Å². The summed E-state index contributed by atoms with van der Waals surface area (Å²) in [5, 5.41) is 15.8. The van der Waals surface area contributed by atoms with Gasteiger partial charge in [-0.3, -0.25) is 9.48 Å². The van der Waals surface area contributed by atoms with E-state index in [1.807, 2.05) is 50.6 Å². The third-order valence-corrected chi connectivity index (χ3v) is 5.98. The summed E-state index contributed by atoms with van der Waals surface area (Å²) >= 11 is 1.16. The zero-order chi connectivity index (χ0) is 22.0. The Morgan fingerprint density at radius 1 is 1.00 bits per heavy atom. The van der Waals surface area contributed by atoms with E-state index in [4.69, 9.17) is 0 Å². The second kappa shape index (κ2) is 8.76. The van der Waals surface area contributed by atoms with E-state index < -0.39 is 0 Å². The molecule has 0 saturated heterocycles. The number of rotatable bonds is 7. The third kappa shape index (κ3) is 4.38. The van der Waals surface area contributed by atoms with E-state index in [1.54, 1.807) is 4.68 Å². The van der Waals surface area contributed by atoms with Crippen LogP contribution >= 0.6 is 11.7 Å². The van der Waals surface area contributed by atoms with Gasteiger partial charge in [0.1, 0.15) is 0 Å². The Hall–Kier alpha value is -3.40. The maximum atomic E-state index is 12.9. The Bertz CT molecular complexity index is 1210. The largest absolute Gasteiger partial charge is 0.317 e. The molecule has 31 heavy (non-hydrogen) atoms. The Balaban J connectivity index is 1.47. The van der Waals surface area contributed by atoms with Crippen LogP contribution in [0.5, 0.6) is 0 Å². The highest BCUT2D eigenvalue weighted by Gasteiger charge is 2.21. The molecular formula is C21H24N8OS. The van der Waals surface area contributed by atoms with Crippen LogP contribution in [0.25, 0.3) is 0 Å². The molecule has 3 heterocycles. The number of aryl methyl sites for hydroxylation is 4. The van der Waals surface area contributed by atoms with Crippen LogP contribution in [-0.4, -0.2) is 39.4 Å². The smallest absolute Gasteiger partial charge is 0.278 e. The summed E-state index contributed by atoms with van der Waals surface area (Å²) < 4.78 is 12.0. The van der Waals surface area contributed by atoms with Crippen molar-refractivity contribution in [2.45, 2.75) is 47.2 Å². The number of carbonyl (C=O) groups excluding carboxylic acids is 1. The maximum absolute atomic E-state index is 12.9. The van der Waals surface area contributed by atoms with Gasteiger partial charge in [0.25, 0.3) is 5.91 Å². The van der Waals surface area contributed by atoms with E-state index in [2.05, 4.69) is 41.6 Å². The molecule has 10 heteroatoms. The molecule has 0 saturated carbocycles. The molecule has 0 bridgehead atoms. The summed E-state index contributed by atoms with van der Waals surface area (Å²) in [7, 11) is 0. The number of carbonyl (C=O) groups is 1. The Morgan fingerprint density at radius 2 is 1.77 bits per heavy atom. The molecule has 1 amide bonds. The topological polar surface area (TPSA) is 103 Å². The minimum atomic E-state index is -0.300. The molecule has 9 nitrogen and oxygen atoms in total. The number of benzene rings is 1. The molecule has 0 spiro atoms. The highest BCUT2D eigenvalue weighted by Crippen LogP contribution is 2.21. The van der Waals surface area contributed by atoms with Gasteiger partial charge in [-0.1, -0.05) is 35.5 Å². The lowest BCUT2D eigenvalue weighted by Crippen LogP contribution is -2.16. The summed E-state index contributed by atoms with van der Waals surface area (Å²) in [6.07, 6.45) is 0.870. The lowest BCUT2D eigenvalue weighted by atomic mass is 10.1. The highest BCUT2D eigenvalue weighted by atomic mass is 32.1. The van der Waals surface area contributed by atoms with Gasteiger partial charge in [0.2, 0.25) is 0 Å². The molecule has 1 N–H and O–H groups in total. The normalized spacial score (nSPS) is 11.1. The molecular weight excluding hydrogens is 412 g/mol. The van der Waals surface area contributed by atoms with E-state index in [1.165, 1.54) is 5.56 Å². The van der Waals surface area contributed by atoms with Crippen molar-refractivity contribution in [2.75, 3.05) is 5.32 Å². The lowest BCUT2D eigenvalue weighted by Gasteiger charge is -2.07. The van der Waals surface area contributed by atoms with Crippen LogP contribution in [0, 0.1) is 27.7 Å². The van der Waals surface area contributed by atoms with E-state index in [-0.39, 0.29) is 11.6 Å². The fraction of sp³-hybridized carbons (Fsp3) is 0.333. The summed E-state index contributed by atoms with van der Waals surface area (Å²) in [6, 6.07) is 10.3. The molecule has 0 aliphatic heterocycles. The molecule has 0 radical (unpaired) electrons. The molecule has 160 valence electrons. The molecule has 4 aromatic rings. The average Bonchev–Trinajstić information content (AvgIpc) is 3.42. The number of anilines is 1. The first-order valence-corrected chi connectivity index (χ1v) is 10.7. The summed E-state index contributed by atoms with van der Waals surface area (Å²) in [5.41, 5.74) is 6.30. The van der Waals surface area contributed by atoms with Crippen LogP contribution in [0.4, 0.5) is 5.69 Å². The summed E-state index contributed by atoms with van der Waals surface area (Å²) in [6.45, 7) is 8.76. The van der Waals surface area contributed by atoms with Gasteiger partial charge in [-0.15, -0.1) is 5.10 Å². The number of nitrogens with one attached hydrogen (secondary N) is 1. The summed E-state index contributed by atoms with van der Waals surface area (Å²) in [4.78, 5) is 12.9. The first kappa shape index (κ1) is 20.9. The van der Waals surface area contributed by atoms with Crippen molar-refractivity contribution in [2.24, 2.45) is 0 Å². The molecule has 0 atom stereocenters. The van der Waals surface area contributed by atoms with Crippen molar-refractivity contribution in [1.29, 1.82) is 0 Å². The average molecular weight is 437 g/mol. The fourth-order valence-electron chi connectivity index (χ4n) is 3.40. The predicted octanol–water partition coefficient (Wildman–Crippen LogP) is 3.10. The van der Waals surface area contributed by atoms with Gasteiger partial charge >= 0.3 is 0 Å². The predicted molar refractivity (Wildman–Crippen MR) is 118 cm³/mol. The lowest BCUT2D eigenvalue weighted by molar-refractivity contribution is 0.102. The van der Waals surface area contributed by atoms with E-state index in [0.29, 0.717) is 17.9 Å².